The fourth-order valence-electron chi connectivity index (χ4n) is 2.90. The van der Waals surface area contributed by atoms with E-state index in [0.29, 0.717) is 0 Å². The Bertz CT molecular complexity index is 885. The molecule has 0 amide bonds. The van der Waals surface area contributed by atoms with E-state index in [9.17, 15) is 0 Å². The number of nitrogens with one attached hydrogen (secondary N) is 1. The van der Waals surface area contributed by atoms with Gasteiger partial charge in [0.2, 0.25) is 0 Å². The number of thiazole rings is 1. The third-order valence-electron chi connectivity index (χ3n) is 4.03. The standard InChI is InChI=1S/C18H17N5S/c1-19-23-15-6-2-4-12-7-8-14(22-17(12)15)16-11-21-18(24-16)13-5-3-9-20-10-13/h3,5,7-11,19H,2,4,6H2,1H3/b23-15+. The molecule has 24 heavy (non-hydrogen) atoms. The number of hydrogen-bond acceptors (Lipinski definition) is 6. The number of hydrazone groups is 1. The van der Waals surface area contributed by atoms with Gasteiger partial charge in [-0.15, -0.1) is 11.3 Å². The Morgan fingerprint density at radius 3 is 2.96 bits per heavy atom. The van der Waals surface area contributed by atoms with Gasteiger partial charge in [-0.2, -0.15) is 5.10 Å². The normalized spacial score (nSPS) is 15.3. The van der Waals surface area contributed by atoms with Gasteiger partial charge in [-0.1, -0.05) is 6.07 Å². The van der Waals surface area contributed by atoms with Crippen molar-refractivity contribution in [2.45, 2.75) is 19.3 Å². The van der Waals surface area contributed by atoms with E-state index in [4.69, 9.17) is 4.98 Å². The third kappa shape index (κ3) is 2.80. The molecule has 0 spiro atoms. The fourth-order valence-corrected chi connectivity index (χ4v) is 3.78. The number of pyridine rings is 2. The Morgan fingerprint density at radius 2 is 2.12 bits per heavy atom. The van der Waals surface area contributed by atoms with Gasteiger partial charge in [-0.25, -0.2) is 9.97 Å². The van der Waals surface area contributed by atoms with Gasteiger partial charge in [0.05, 0.1) is 22.0 Å². The molecule has 0 atom stereocenters. The maximum atomic E-state index is 4.87. The summed E-state index contributed by atoms with van der Waals surface area (Å²) in [6, 6.07) is 8.20. The zero-order chi connectivity index (χ0) is 16.4. The minimum atomic E-state index is 0.951. The summed E-state index contributed by atoms with van der Waals surface area (Å²) in [6.07, 6.45) is 8.65. The molecule has 120 valence electrons. The van der Waals surface area contributed by atoms with Crippen LogP contribution in [-0.4, -0.2) is 27.7 Å². The number of aryl methyl sites for hydroxylation is 1. The van der Waals surface area contributed by atoms with Crippen LogP contribution in [-0.2, 0) is 6.42 Å². The molecule has 0 saturated heterocycles. The van der Waals surface area contributed by atoms with Crippen LogP contribution in [0.1, 0.15) is 24.1 Å². The Balaban J connectivity index is 1.72. The molecular weight excluding hydrogens is 318 g/mol. The number of rotatable bonds is 3. The van der Waals surface area contributed by atoms with Gasteiger partial charge in [0, 0.05) is 31.2 Å². The van der Waals surface area contributed by atoms with Crippen molar-refractivity contribution in [1.29, 1.82) is 0 Å². The second kappa shape index (κ2) is 6.49. The first kappa shape index (κ1) is 15.0. The molecule has 3 aromatic heterocycles. The van der Waals surface area contributed by atoms with Crippen LogP contribution in [0.25, 0.3) is 21.1 Å². The van der Waals surface area contributed by atoms with Crippen LogP contribution in [0.15, 0.2) is 48.0 Å². The number of nitrogens with zero attached hydrogens (tertiary/aromatic N) is 4. The van der Waals surface area contributed by atoms with Crippen LogP contribution in [0.2, 0.25) is 0 Å². The first-order valence-corrected chi connectivity index (χ1v) is 8.77. The van der Waals surface area contributed by atoms with E-state index >= 15 is 0 Å². The molecule has 0 aliphatic heterocycles. The molecule has 0 aromatic carbocycles. The van der Waals surface area contributed by atoms with E-state index in [1.54, 1.807) is 17.5 Å². The molecule has 1 aliphatic carbocycles. The predicted octanol–water partition coefficient (Wildman–Crippen LogP) is 3.53. The average molecular weight is 335 g/mol. The summed E-state index contributed by atoms with van der Waals surface area (Å²) in [5.41, 5.74) is 8.21. The van der Waals surface area contributed by atoms with E-state index in [1.165, 1.54) is 5.56 Å². The Hall–Kier alpha value is -2.60. The highest BCUT2D eigenvalue weighted by atomic mass is 32.1. The molecule has 5 nitrogen and oxygen atoms in total. The molecule has 0 bridgehead atoms. The highest BCUT2D eigenvalue weighted by Crippen LogP contribution is 2.32. The monoisotopic (exact) mass is 335 g/mol. The maximum absolute atomic E-state index is 4.87. The van der Waals surface area contributed by atoms with E-state index in [1.807, 2.05) is 31.6 Å². The molecule has 0 unspecified atom stereocenters. The van der Waals surface area contributed by atoms with Crippen molar-refractivity contribution >= 4 is 17.0 Å². The summed E-state index contributed by atoms with van der Waals surface area (Å²) >= 11 is 1.64. The Kier molecular flexibility index (Phi) is 4.04. The highest BCUT2D eigenvalue weighted by Gasteiger charge is 2.19. The molecule has 0 fully saturated rings. The van der Waals surface area contributed by atoms with Gasteiger partial charge < -0.3 is 5.43 Å². The molecule has 0 saturated carbocycles. The van der Waals surface area contributed by atoms with Crippen molar-refractivity contribution in [1.82, 2.24) is 20.4 Å². The largest absolute Gasteiger partial charge is 0.313 e. The van der Waals surface area contributed by atoms with Crippen molar-refractivity contribution in [2.24, 2.45) is 5.10 Å². The minimum absolute atomic E-state index is 0.951. The van der Waals surface area contributed by atoms with Gasteiger partial charge in [-0.3, -0.25) is 4.98 Å². The van der Waals surface area contributed by atoms with E-state index in [-0.39, 0.29) is 0 Å². The molecule has 0 radical (unpaired) electrons. The topological polar surface area (TPSA) is 63.1 Å². The average Bonchev–Trinajstić information content (AvgIpc) is 3.13. The number of aromatic nitrogens is 3. The molecule has 1 N–H and O–H groups in total. The first-order chi connectivity index (χ1) is 11.8. The van der Waals surface area contributed by atoms with Crippen molar-refractivity contribution in [3.05, 3.63) is 54.1 Å². The summed E-state index contributed by atoms with van der Waals surface area (Å²) in [4.78, 5) is 14.6. The molecule has 3 aromatic rings. The highest BCUT2D eigenvalue weighted by molar-refractivity contribution is 7.18. The zero-order valence-electron chi connectivity index (χ0n) is 13.4. The van der Waals surface area contributed by atoms with Crippen LogP contribution in [0.4, 0.5) is 0 Å². The van der Waals surface area contributed by atoms with Gasteiger partial charge in [-0.05, 0) is 43.0 Å². The molecule has 1 aliphatic rings. The van der Waals surface area contributed by atoms with Crippen molar-refractivity contribution in [2.75, 3.05) is 7.05 Å². The van der Waals surface area contributed by atoms with Crippen molar-refractivity contribution < 1.29 is 0 Å². The number of fused-ring (bicyclic) bond motifs is 1. The third-order valence-corrected chi connectivity index (χ3v) is 5.09. The van der Waals surface area contributed by atoms with E-state index < -0.39 is 0 Å². The lowest BCUT2D eigenvalue weighted by Gasteiger charge is -2.17. The van der Waals surface area contributed by atoms with Gasteiger partial charge >= 0.3 is 0 Å². The number of hydrogen-bond donors (Lipinski definition) is 1. The van der Waals surface area contributed by atoms with Crippen LogP contribution in [0.3, 0.4) is 0 Å². The maximum Gasteiger partial charge on any atom is 0.125 e. The summed E-state index contributed by atoms with van der Waals surface area (Å²) in [5, 5.41) is 5.36. The summed E-state index contributed by atoms with van der Waals surface area (Å²) < 4.78 is 0. The quantitative estimate of drug-likeness (QED) is 0.744. The molecular formula is C18H17N5S. The van der Waals surface area contributed by atoms with E-state index in [0.717, 1.165) is 51.8 Å². The lowest BCUT2D eigenvalue weighted by Crippen LogP contribution is -2.17. The molecule has 3 heterocycles. The summed E-state index contributed by atoms with van der Waals surface area (Å²) in [7, 11) is 1.83. The van der Waals surface area contributed by atoms with Gasteiger partial charge in [0.15, 0.2) is 0 Å². The van der Waals surface area contributed by atoms with Crippen molar-refractivity contribution in [3.63, 3.8) is 0 Å². The lowest BCUT2D eigenvalue weighted by molar-refractivity contribution is 0.802. The van der Waals surface area contributed by atoms with Gasteiger partial charge in [0.1, 0.15) is 5.01 Å². The molecule has 4 rings (SSSR count). The smallest absolute Gasteiger partial charge is 0.125 e. The first-order valence-electron chi connectivity index (χ1n) is 7.95. The lowest BCUT2D eigenvalue weighted by atomic mass is 9.94. The summed E-state index contributed by atoms with van der Waals surface area (Å²) in [5.74, 6) is 0. The van der Waals surface area contributed by atoms with Gasteiger partial charge in [0.25, 0.3) is 0 Å². The summed E-state index contributed by atoms with van der Waals surface area (Å²) in [6.45, 7) is 0. The molecule has 6 heteroatoms. The van der Waals surface area contributed by atoms with E-state index in [2.05, 4.69) is 32.6 Å². The predicted molar refractivity (Wildman–Crippen MR) is 97.1 cm³/mol. The second-order valence-corrected chi connectivity index (χ2v) is 6.64. The van der Waals surface area contributed by atoms with Crippen molar-refractivity contribution in [3.8, 4) is 21.1 Å². The van der Waals surface area contributed by atoms with Crippen LogP contribution < -0.4 is 5.43 Å². The van der Waals surface area contributed by atoms with Crippen LogP contribution >= 0.6 is 11.3 Å². The fraction of sp³-hybridized carbons (Fsp3) is 0.222. The van der Waals surface area contributed by atoms with Crippen LogP contribution in [0, 0.1) is 0 Å². The van der Waals surface area contributed by atoms with Crippen LogP contribution in [0.5, 0.6) is 0 Å². The Labute approximate surface area is 144 Å². The SMILES string of the molecule is CN/N=C1\CCCc2ccc(-c3cnc(-c4cccnc4)s3)nc21. The Morgan fingerprint density at radius 1 is 1.17 bits per heavy atom. The second-order valence-electron chi connectivity index (χ2n) is 5.61. The minimum Gasteiger partial charge on any atom is -0.313 e. The zero-order valence-corrected chi connectivity index (χ0v) is 14.2.